The van der Waals surface area contributed by atoms with Crippen LogP contribution in [0.5, 0.6) is 0 Å². The van der Waals surface area contributed by atoms with Crippen LogP contribution in [0.3, 0.4) is 0 Å². The molecule has 16 heavy (non-hydrogen) atoms. The molecule has 0 aliphatic heterocycles. The van der Waals surface area contributed by atoms with Crippen molar-refractivity contribution in [3.8, 4) is 0 Å². The monoisotopic (exact) mass is 232 g/mol. The predicted molar refractivity (Wildman–Crippen MR) is 43.7 cm³/mol. The summed E-state index contributed by atoms with van der Waals surface area (Å²) in [5, 5.41) is 38.2. The van der Waals surface area contributed by atoms with Gasteiger partial charge in [-0.2, -0.15) is 9.90 Å². The molecular formula is C4H4N6O6. The standard InChI is InChI=1S/C4H4N6O6/c1-7-5-2-3(6-7)4(8(11)12,9(13)14)10(15)16/h2H,1H3. The molecule has 1 aromatic rings. The van der Waals surface area contributed by atoms with Crippen LogP contribution < -0.4 is 0 Å². The van der Waals surface area contributed by atoms with Crippen molar-refractivity contribution < 1.29 is 14.8 Å². The SMILES string of the molecule is Cn1ncc(C([N+](=O)[O-])([N+](=O)[O-])[N+](=O)[O-])n1. The van der Waals surface area contributed by atoms with Crippen molar-refractivity contribution >= 4 is 0 Å². The Labute approximate surface area is 85.9 Å². The Morgan fingerprint density at radius 1 is 1.19 bits per heavy atom. The van der Waals surface area contributed by atoms with Crippen LogP contribution in [0.1, 0.15) is 5.69 Å². The van der Waals surface area contributed by atoms with Crippen molar-refractivity contribution in [2.75, 3.05) is 0 Å². The Kier molecular flexibility index (Phi) is 2.49. The molecule has 12 heteroatoms. The first-order valence-electron chi connectivity index (χ1n) is 3.63. The van der Waals surface area contributed by atoms with Gasteiger partial charge in [0.2, 0.25) is 0 Å². The van der Waals surface area contributed by atoms with E-state index in [2.05, 4.69) is 10.2 Å². The average Bonchev–Trinajstić information content (AvgIpc) is 2.50. The van der Waals surface area contributed by atoms with Gasteiger partial charge in [0.05, 0.1) is 6.20 Å². The topological polar surface area (TPSA) is 160 Å². The second kappa shape index (κ2) is 3.48. The quantitative estimate of drug-likeness (QED) is 0.353. The van der Waals surface area contributed by atoms with Gasteiger partial charge in [-0.05, 0) is 0 Å². The zero-order valence-electron chi connectivity index (χ0n) is 7.71. The summed E-state index contributed by atoms with van der Waals surface area (Å²) in [6, 6.07) is 0. The first kappa shape index (κ1) is 11.4. The predicted octanol–water partition coefficient (Wildman–Crippen LogP) is -1.24. The summed E-state index contributed by atoms with van der Waals surface area (Å²) < 4.78 is 0. The molecule has 0 spiro atoms. The molecule has 86 valence electrons. The van der Waals surface area contributed by atoms with Crippen LogP contribution in [0.15, 0.2) is 6.20 Å². The Hall–Kier alpha value is -2.66. The number of nitrogens with zero attached hydrogens (tertiary/aromatic N) is 6. The van der Waals surface area contributed by atoms with Gasteiger partial charge in [-0.25, -0.2) is 0 Å². The minimum absolute atomic E-state index is 0.606. The van der Waals surface area contributed by atoms with Gasteiger partial charge in [0.1, 0.15) is 0 Å². The van der Waals surface area contributed by atoms with E-state index in [1.54, 1.807) is 0 Å². The average molecular weight is 232 g/mol. The molecule has 0 radical (unpaired) electrons. The van der Waals surface area contributed by atoms with Crippen LogP contribution >= 0.6 is 0 Å². The highest BCUT2D eigenvalue weighted by Gasteiger charge is 2.75. The van der Waals surface area contributed by atoms with Gasteiger partial charge in [-0.1, -0.05) is 0 Å². The molecule has 0 atom stereocenters. The Bertz CT molecular complexity index is 429. The second-order valence-corrected chi connectivity index (χ2v) is 2.63. The van der Waals surface area contributed by atoms with Crippen LogP contribution in [0.25, 0.3) is 0 Å². The van der Waals surface area contributed by atoms with Gasteiger partial charge in [0.15, 0.2) is 14.8 Å². The molecule has 0 N–H and O–H groups in total. The zero-order chi connectivity index (χ0) is 12.5. The zero-order valence-corrected chi connectivity index (χ0v) is 7.71. The lowest BCUT2D eigenvalue weighted by molar-refractivity contribution is -0.986. The summed E-state index contributed by atoms with van der Waals surface area (Å²) in [6.45, 7) is 0. The van der Waals surface area contributed by atoms with E-state index in [4.69, 9.17) is 0 Å². The summed E-state index contributed by atoms with van der Waals surface area (Å²) in [7, 11) is 1.22. The molecule has 0 aromatic carbocycles. The van der Waals surface area contributed by atoms with Gasteiger partial charge in [-0.15, -0.1) is 5.10 Å². The highest BCUT2D eigenvalue weighted by atomic mass is 16.7. The van der Waals surface area contributed by atoms with Gasteiger partial charge in [0, 0.05) is 7.05 Å². The number of aryl methyl sites for hydroxylation is 1. The smallest absolute Gasteiger partial charge is 0.252 e. The Balaban J connectivity index is 3.51. The summed E-state index contributed by atoms with van der Waals surface area (Å²) in [5.41, 5.74) is -0.963. The van der Waals surface area contributed by atoms with E-state index in [1.165, 1.54) is 7.05 Å². The molecule has 0 bridgehead atoms. The first-order chi connectivity index (χ1) is 7.33. The molecule has 0 saturated heterocycles. The fraction of sp³-hybridized carbons (Fsp3) is 0.500. The van der Waals surface area contributed by atoms with E-state index in [-0.39, 0.29) is 0 Å². The molecule has 1 rings (SSSR count). The summed E-state index contributed by atoms with van der Waals surface area (Å²) >= 11 is 0. The van der Waals surface area contributed by atoms with Crippen molar-refractivity contribution in [2.24, 2.45) is 7.05 Å². The van der Waals surface area contributed by atoms with Gasteiger partial charge >= 0.3 is 11.5 Å². The van der Waals surface area contributed by atoms with Crippen molar-refractivity contribution in [3.05, 3.63) is 42.2 Å². The van der Waals surface area contributed by atoms with E-state index in [0.717, 1.165) is 4.80 Å². The molecule has 1 aromatic heterocycles. The first-order valence-corrected chi connectivity index (χ1v) is 3.63. The van der Waals surface area contributed by atoms with E-state index in [1.807, 2.05) is 0 Å². The number of hydrogen-bond acceptors (Lipinski definition) is 8. The van der Waals surface area contributed by atoms with Crippen LogP contribution in [-0.4, -0.2) is 29.8 Å². The number of hydrogen-bond donors (Lipinski definition) is 0. The maximum Gasteiger partial charge on any atom is 0.749 e. The Morgan fingerprint density at radius 3 is 1.88 bits per heavy atom. The van der Waals surface area contributed by atoms with Gasteiger partial charge in [-0.3, -0.25) is 30.3 Å². The van der Waals surface area contributed by atoms with Crippen LogP contribution in [0, 0.1) is 30.3 Å². The number of nitro groups is 3. The van der Waals surface area contributed by atoms with Gasteiger partial charge in [0.25, 0.3) is 0 Å². The van der Waals surface area contributed by atoms with E-state index < -0.39 is 26.3 Å². The third-order valence-electron chi connectivity index (χ3n) is 1.71. The largest absolute Gasteiger partial charge is 0.749 e. The highest BCUT2D eigenvalue weighted by molar-refractivity contribution is 4.96. The molecule has 0 aliphatic rings. The second-order valence-electron chi connectivity index (χ2n) is 2.63. The number of rotatable bonds is 4. The van der Waals surface area contributed by atoms with Crippen molar-refractivity contribution in [3.63, 3.8) is 0 Å². The lowest BCUT2D eigenvalue weighted by Crippen LogP contribution is -2.50. The normalized spacial score (nSPS) is 11.1. The molecular weight excluding hydrogens is 228 g/mol. The van der Waals surface area contributed by atoms with Gasteiger partial charge < -0.3 is 0 Å². The number of aromatic nitrogens is 3. The Morgan fingerprint density at radius 2 is 1.62 bits per heavy atom. The van der Waals surface area contributed by atoms with Crippen LogP contribution in [0.2, 0.25) is 0 Å². The third kappa shape index (κ3) is 1.32. The van der Waals surface area contributed by atoms with E-state index in [0.29, 0.717) is 6.20 Å². The highest BCUT2D eigenvalue weighted by Crippen LogP contribution is 2.23. The van der Waals surface area contributed by atoms with Crippen molar-refractivity contribution in [2.45, 2.75) is 5.79 Å². The molecule has 0 saturated carbocycles. The molecule has 12 nitrogen and oxygen atoms in total. The van der Waals surface area contributed by atoms with E-state index >= 15 is 0 Å². The van der Waals surface area contributed by atoms with Crippen molar-refractivity contribution in [1.82, 2.24) is 15.0 Å². The molecule has 0 fully saturated rings. The van der Waals surface area contributed by atoms with Crippen LogP contribution in [-0.2, 0) is 12.8 Å². The minimum Gasteiger partial charge on any atom is -0.252 e. The maximum absolute atomic E-state index is 10.6. The molecule has 0 aliphatic carbocycles. The fourth-order valence-electron chi connectivity index (χ4n) is 0.980. The molecule has 0 amide bonds. The maximum atomic E-state index is 10.6. The van der Waals surface area contributed by atoms with E-state index in [9.17, 15) is 30.3 Å². The lowest BCUT2D eigenvalue weighted by atomic mass is 10.3. The third-order valence-corrected chi connectivity index (χ3v) is 1.71. The minimum atomic E-state index is -3.71. The summed E-state index contributed by atoms with van der Waals surface area (Å²) in [6.07, 6.45) is 0.606. The summed E-state index contributed by atoms with van der Waals surface area (Å²) in [4.78, 5) is 27.5. The fourth-order valence-corrected chi connectivity index (χ4v) is 0.980. The summed E-state index contributed by atoms with van der Waals surface area (Å²) in [5.74, 6) is -3.71. The molecule has 1 heterocycles. The van der Waals surface area contributed by atoms with Crippen LogP contribution in [0.4, 0.5) is 0 Å². The van der Waals surface area contributed by atoms with Crippen molar-refractivity contribution in [1.29, 1.82) is 0 Å². The lowest BCUT2D eigenvalue weighted by Gasteiger charge is -2.04. The molecule has 0 unspecified atom stereocenters.